The zero-order chi connectivity index (χ0) is 20.1. The fourth-order valence-electron chi connectivity index (χ4n) is 4.27. The van der Waals surface area contributed by atoms with E-state index in [4.69, 9.17) is 0 Å². The second kappa shape index (κ2) is 12.1. The summed E-state index contributed by atoms with van der Waals surface area (Å²) in [4.78, 5) is 11.2. The number of halogens is 2. The molecule has 6 heteroatoms. The number of nitrogens with one attached hydrogen (secondary N) is 2. The maximum Gasteiger partial charge on any atom is 0.310 e. The smallest absolute Gasteiger partial charge is 0.310 e. The highest BCUT2D eigenvalue weighted by atomic mass is 35.5. The Kier molecular flexibility index (Phi) is 10.9. The number of hydrogen-bond donors (Lipinski definition) is 3. The lowest BCUT2D eigenvalue weighted by Crippen LogP contribution is -2.45. The van der Waals surface area contributed by atoms with E-state index in [-0.39, 0.29) is 24.8 Å². The van der Waals surface area contributed by atoms with E-state index in [0.29, 0.717) is 30.6 Å². The van der Waals surface area contributed by atoms with Crippen molar-refractivity contribution >= 4 is 36.9 Å². The molecule has 30 heavy (non-hydrogen) atoms. The van der Waals surface area contributed by atoms with Crippen LogP contribution in [0.15, 0.2) is 35.9 Å². The minimum Gasteiger partial charge on any atom is -0.481 e. The fraction of sp³-hybridized carbons (Fsp3) is 0.625. The minimum atomic E-state index is -0.731. The molecule has 0 saturated heterocycles. The Morgan fingerprint density at radius 2 is 1.70 bits per heavy atom. The molecule has 0 radical (unpaired) electrons. The number of hydrogen-bond acceptors (Lipinski definition) is 3. The molecule has 3 rings (SSSR count). The first-order valence-corrected chi connectivity index (χ1v) is 10.9. The molecule has 2 fully saturated rings. The van der Waals surface area contributed by atoms with Crippen LogP contribution >= 0.6 is 24.8 Å². The van der Waals surface area contributed by atoms with Gasteiger partial charge in [-0.2, -0.15) is 0 Å². The van der Waals surface area contributed by atoms with Crippen LogP contribution < -0.4 is 10.6 Å². The molecule has 2 aliphatic carbocycles. The second-order valence-electron chi connectivity index (χ2n) is 9.22. The molecule has 170 valence electrons. The monoisotopic (exact) mass is 456 g/mol. The van der Waals surface area contributed by atoms with Crippen LogP contribution in [0.5, 0.6) is 0 Å². The maximum absolute atomic E-state index is 11.2. The Morgan fingerprint density at radius 1 is 1.10 bits per heavy atom. The lowest BCUT2D eigenvalue weighted by molar-refractivity contribution is -0.146. The molecule has 0 aromatic heterocycles. The molecule has 0 amide bonds. The zero-order valence-corrected chi connectivity index (χ0v) is 20.0. The van der Waals surface area contributed by atoms with Crippen molar-refractivity contribution in [3.63, 3.8) is 0 Å². The molecule has 0 bridgehead atoms. The Hall–Kier alpha value is -1.07. The van der Waals surface area contributed by atoms with Crippen molar-refractivity contribution in [2.24, 2.45) is 11.3 Å². The van der Waals surface area contributed by atoms with Gasteiger partial charge in [-0.05, 0) is 63.9 Å². The highest BCUT2D eigenvalue weighted by molar-refractivity contribution is 5.85. The van der Waals surface area contributed by atoms with Crippen molar-refractivity contribution in [2.45, 2.75) is 77.4 Å². The third kappa shape index (κ3) is 7.56. The Morgan fingerprint density at radius 3 is 2.27 bits per heavy atom. The molecule has 0 unspecified atom stereocenters. The van der Waals surface area contributed by atoms with E-state index in [1.807, 2.05) is 0 Å². The Balaban J connectivity index is 0.00000225. The molecule has 2 atom stereocenters. The van der Waals surface area contributed by atoms with Crippen LogP contribution in [-0.4, -0.2) is 35.7 Å². The molecular formula is C24H38Cl2N2O2. The predicted molar refractivity (Wildman–Crippen MR) is 130 cm³/mol. The molecule has 4 nitrogen and oxygen atoms in total. The van der Waals surface area contributed by atoms with Crippen molar-refractivity contribution in [3.05, 3.63) is 41.5 Å². The van der Waals surface area contributed by atoms with E-state index >= 15 is 0 Å². The van der Waals surface area contributed by atoms with E-state index < -0.39 is 11.4 Å². The normalized spacial score (nSPS) is 26.3. The third-order valence-corrected chi connectivity index (χ3v) is 6.42. The first-order chi connectivity index (χ1) is 13.4. The van der Waals surface area contributed by atoms with Crippen LogP contribution in [0, 0.1) is 11.3 Å². The first-order valence-electron chi connectivity index (χ1n) is 10.9. The third-order valence-electron chi connectivity index (χ3n) is 6.42. The van der Waals surface area contributed by atoms with Crippen LogP contribution in [0.1, 0.15) is 64.9 Å². The molecule has 0 aliphatic heterocycles. The summed E-state index contributed by atoms with van der Waals surface area (Å²) in [6.45, 7) is 6.38. The van der Waals surface area contributed by atoms with Gasteiger partial charge in [0.05, 0.1) is 5.41 Å². The molecule has 2 aliphatic rings. The van der Waals surface area contributed by atoms with Gasteiger partial charge < -0.3 is 15.7 Å². The molecule has 0 heterocycles. The minimum absolute atomic E-state index is 0. The zero-order valence-electron chi connectivity index (χ0n) is 18.4. The average molecular weight is 457 g/mol. The molecule has 1 aromatic rings. The van der Waals surface area contributed by atoms with Gasteiger partial charge in [0.25, 0.3) is 0 Å². The summed E-state index contributed by atoms with van der Waals surface area (Å²) in [7, 11) is 0. The molecule has 2 saturated carbocycles. The van der Waals surface area contributed by atoms with Gasteiger partial charge in [0.15, 0.2) is 0 Å². The predicted octanol–water partition coefficient (Wildman–Crippen LogP) is 5.31. The summed E-state index contributed by atoms with van der Waals surface area (Å²) < 4.78 is 0. The topological polar surface area (TPSA) is 61.4 Å². The summed E-state index contributed by atoms with van der Waals surface area (Å²) in [5.41, 5.74) is 2.17. The van der Waals surface area contributed by atoms with E-state index in [1.54, 1.807) is 19.4 Å². The molecule has 3 N–H and O–H groups in total. The van der Waals surface area contributed by atoms with Gasteiger partial charge in [-0.3, -0.25) is 4.79 Å². The van der Waals surface area contributed by atoms with Crippen LogP contribution in [0.2, 0.25) is 0 Å². The maximum atomic E-state index is 11.2. The van der Waals surface area contributed by atoms with Crippen LogP contribution in [-0.2, 0) is 4.79 Å². The Labute approximate surface area is 194 Å². The summed E-state index contributed by atoms with van der Waals surface area (Å²) in [5, 5.41) is 16.6. The van der Waals surface area contributed by atoms with E-state index in [2.05, 4.69) is 54.0 Å². The highest BCUT2D eigenvalue weighted by Gasteiger charge is 2.40. The van der Waals surface area contributed by atoms with Crippen molar-refractivity contribution in [2.75, 3.05) is 6.54 Å². The van der Waals surface area contributed by atoms with Gasteiger partial charge in [0.2, 0.25) is 0 Å². The fourth-order valence-corrected chi connectivity index (χ4v) is 4.27. The van der Waals surface area contributed by atoms with Gasteiger partial charge in [0.1, 0.15) is 0 Å². The van der Waals surface area contributed by atoms with Crippen LogP contribution in [0.3, 0.4) is 0 Å². The van der Waals surface area contributed by atoms with E-state index in [9.17, 15) is 9.90 Å². The van der Waals surface area contributed by atoms with Crippen molar-refractivity contribution in [3.8, 4) is 0 Å². The van der Waals surface area contributed by atoms with E-state index in [0.717, 1.165) is 19.3 Å². The van der Waals surface area contributed by atoms with Gasteiger partial charge >= 0.3 is 5.97 Å². The quantitative estimate of drug-likeness (QED) is 0.470. The second-order valence-corrected chi connectivity index (χ2v) is 9.22. The largest absolute Gasteiger partial charge is 0.481 e. The Bertz CT molecular complexity index is 686. The van der Waals surface area contributed by atoms with Crippen molar-refractivity contribution < 1.29 is 9.90 Å². The average Bonchev–Trinajstić information content (AvgIpc) is 3.45. The number of rotatable bonds is 9. The van der Waals surface area contributed by atoms with Crippen molar-refractivity contribution in [1.82, 2.24) is 10.6 Å². The highest BCUT2D eigenvalue weighted by Crippen LogP contribution is 2.40. The van der Waals surface area contributed by atoms with Crippen LogP contribution in [0.4, 0.5) is 0 Å². The number of carboxylic acid groups (broad SMARTS) is 1. The van der Waals surface area contributed by atoms with Crippen molar-refractivity contribution in [1.29, 1.82) is 0 Å². The molecular weight excluding hydrogens is 419 g/mol. The summed E-state index contributed by atoms with van der Waals surface area (Å²) in [5.74, 6) is -0.0390. The van der Waals surface area contributed by atoms with E-state index in [1.165, 1.54) is 24.8 Å². The SMILES string of the molecule is CCC(=Cc1ccccc1)[C@@H]1C[C@H]1N[C@H]1CC[C@H](NCC(C)(C)C(=O)O)CC1.Cl.Cl. The first kappa shape index (κ1) is 27.0. The summed E-state index contributed by atoms with van der Waals surface area (Å²) in [6.07, 6.45) is 9.37. The number of benzene rings is 1. The standard InChI is InChI=1S/C24H36N2O2.2ClH/c1-4-18(14-17-8-6-5-7-9-17)21-15-22(21)26-20-12-10-19(11-13-20)25-16-24(2,3)23(27)28;;/h5-9,14,19-22,25-26H,4,10-13,15-16H2,1-3H3,(H,27,28);2*1H/t19-,20-,21-,22+;;/m0../s1. The molecule has 0 spiro atoms. The van der Waals surface area contributed by atoms with Gasteiger partial charge in [-0.15, -0.1) is 24.8 Å². The summed E-state index contributed by atoms with van der Waals surface area (Å²) in [6, 6.07) is 12.3. The number of carbonyl (C=O) groups is 1. The lowest BCUT2D eigenvalue weighted by Gasteiger charge is -2.32. The summed E-state index contributed by atoms with van der Waals surface area (Å²) >= 11 is 0. The van der Waals surface area contributed by atoms with Gasteiger partial charge in [-0.1, -0.05) is 48.9 Å². The van der Waals surface area contributed by atoms with Gasteiger partial charge in [0, 0.05) is 24.7 Å². The van der Waals surface area contributed by atoms with Crippen LogP contribution in [0.25, 0.3) is 6.08 Å². The van der Waals surface area contributed by atoms with Gasteiger partial charge in [-0.25, -0.2) is 0 Å². The lowest BCUT2D eigenvalue weighted by atomic mass is 9.88. The number of aliphatic carboxylic acids is 1. The number of carboxylic acids is 1. The molecule has 1 aromatic carbocycles.